The summed E-state index contributed by atoms with van der Waals surface area (Å²) >= 11 is 5.41. The number of hydrogen-bond donors (Lipinski definition) is 2. The Kier molecular flexibility index (Phi) is 8.25. The summed E-state index contributed by atoms with van der Waals surface area (Å²) in [6, 6.07) is 0. The summed E-state index contributed by atoms with van der Waals surface area (Å²) in [6.45, 7) is 9.35. The van der Waals surface area contributed by atoms with E-state index in [1.165, 1.54) is 0 Å². The van der Waals surface area contributed by atoms with E-state index in [0.717, 1.165) is 0 Å². The van der Waals surface area contributed by atoms with E-state index in [2.05, 4.69) is 0 Å². The van der Waals surface area contributed by atoms with Gasteiger partial charge in [-0.15, -0.1) is 11.6 Å². The standard InChI is InChI=1S/C18H29ClO9/c1-17(2,3)15(23)25-8-9-11(21)12(28-16(24)18(4,5)6)13(14(22)26-9)27-10(20)7-19/h9,11-14,21-22H,7-8H2,1-6H3. The number of aliphatic hydroxyl groups excluding tert-OH is 2. The van der Waals surface area contributed by atoms with Crippen LogP contribution < -0.4 is 0 Å². The Morgan fingerprint density at radius 1 is 0.929 bits per heavy atom. The van der Waals surface area contributed by atoms with Crippen molar-refractivity contribution in [3.05, 3.63) is 0 Å². The molecular formula is C18H29ClO9. The molecular weight excluding hydrogens is 396 g/mol. The van der Waals surface area contributed by atoms with Crippen LogP contribution >= 0.6 is 11.6 Å². The molecule has 0 aliphatic carbocycles. The molecule has 0 aromatic carbocycles. The highest BCUT2D eigenvalue weighted by Crippen LogP contribution is 2.28. The number of carbonyl (C=O) groups is 3. The highest BCUT2D eigenvalue weighted by Gasteiger charge is 2.50. The van der Waals surface area contributed by atoms with E-state index in [1.807, 2.05) is 0 Å². The van der Waals surface area contributed by atoms with E-state index in [4.69, 9.17) is 30.5 Å². The lowest BCUT2D eigenvalue weighted by atomic mass is 9.95. The SMILES string of the molecule is CC(C)(C)C(=O)OCC1OC(O)C(OC(=O)CCl)C(OC(=O)C(C)(C)C)C1O. The van der Waals surface area contributed by atoms with Crippen molar-refractivity contribution in [1.82, 2.24) is 0 Å². The lowest BCUT2D eigenvalue weighted by molar-refractivity contribution is -0.295. The zero-order valence-corrected chi connectivity index (χ0v) is 17.7. The summed E-state index contributed by atoms with van der Waals surface area (Å²) < 4.78 is 20.6. The molecule has 1 saturated heterocycles. The van der Waals surface area contributed by atoms with Crippen LogP contribution in [0.5, 0.6) is 0 Å². The quantitative estimate of drug-likeness (QED) is 0.373. The Labute approximate surface area is 169 Å². The predicted molar refractivity (Wildman–Crippen MR) is 97.2 cm³/mol. The molecule has 2 N–H and O–H groups in total. The number of hydrogen-bond acceptors (Lipinski definition) is 9. The summed E-state index contributed by atoms with van der Waals surface area (Å²) in [5.41, 5.74) is -1.70. The van der Waals surface area contributed by atoms with Gasteiger partial charge in [0.2, 0.25) is 0 Å². The van der Waals surface area contributed by atoms with Crippen LogP contribution in [0, 0.1) is 10.8 Å². The maximum atomic E-state index is 12.3. The molecule has 0 spiro atoms. The molecule has 5 unspecified atom stereocenters. The second kappa shape index (κ2) is 9.39. The average molecular weight is 425 g/mol. The van der Waals surface area contributed by atoms with Gasteiger partial charge in [0.1, 0.15) is 24.7 Å². The second-order valence-electron chi connectivity index (χ2n) is 8.61. The molecule has 0 bridgehead atoms. The highest BCUT2D eigenvalue weighted by molar-refractivity contribution is 6.26. The van der Waals surface area contributed by atoms with E-state index in [-0.39, 0.29) is 0 Å². The van der Waals surface area contributed by atoms with Gasteiger partial charge in [0.25, 0.3) is 0 Å². The first kappa shape index (κ1) is 24.6. The van der Waals surface area contributed by atoms with E-state index >= 15 is 0 Å². The first-order valence-corrected chi connectivity index (χ1v) is 9.37. The van der Waals surface area contributed by atoms with Crippen molar-refractivity contribution < 1.29 is 43.5 Å². The fourth-order valence-electron chi connectivity index (χ4n) is 2.16. The van der Waals surface area contributed by atoms with E-state index < -0.39 is 71.9 Å². The number of ether oxygens (including phenoxy) is 4. The van der Waals surface area contributed by atoms with Gasteiger partial charge in [-0.2, -0.15) is 0 Å². The van der Waals surface area contributed by atoms with Gasteiger partial charge in [0.15, 0.2) is 18.5 Å². The fourth-order valence-corrected chi connectivity index (χ4v) is 2.23. The first-order valence-electron chi connectivity index (χ1n) is 8.84. The summed E-state index contributed by atoms with van der Waals surface area (Å²) in [4.78, 5) is 35.8. The van der Waals surface area contributed by atoms with Gasteiger partial charge in [-0.05, 0) is 41.5 Å². The molecule has 5 atom stereocenters. The predicted octanol–water partition coefficient (Wildman–Crippen LogP) is 0.762. The summed E-state index contributed by atoms with van der Waals surface area (Å²) in [5.74, 6) is -2.64. The maximum Gasteiger partial charge on any atom is 0.321 e. The van der Waals surface area contributed by atoms with Crippen LogP contribution in [0.1, 0.15) is 41.5 Å². The Morgan fingerprint density at radius 3 is 1.93 bits per heavy atom. The molecule has 1 fully saturated rings. The molecule has 10 heteroatoms. The molecule has 162 valence electrons. The normalized spacial score (nSPS) is 28.4. The van der Waals surface area contributed by atoms with Gasteiger partial charge in [0, 0.05) is 0 Å². The third kappa shape index (κ3) is 6.58. The topological polar surface area (TPSA) is 129 Å². The van der Waals surface area contributed by atoms with Gasteiger partial charge in [-0.25, -0.2) is 0 Å². The van der Waals surface area contributed by atoms with Crippen molar-refractivity contribution in [3.8, 4) is 0 Å². The zero-order chi connectivity index (χ0) is 21.9. The van der Waals surface area contributed by atoms with E-state index in [9.17, 15) is 24.6 Å². The summed E-state index contributed by atoms with van der Waals surface area (Å²) in [6.07, 6.45) is -7.41. The van der Waals surface area contributed by atoms with Crippen LogP contribution in [0.4, 0.5) is 0 Å². The van der Waals surface area contributed by atoms with Crippen molar-refractivity contribution in [3.63, 3.8) is 0 Å². The van der Waals surface area contributed by atoms with Gasteiger partial charge < -0.3 is 29.2 Å². The fraction of sp³-hybridized carbons (Fsp3) is 0.833. The Morgan fingerprint density at radius 2 is 1.46 bits per heavy atom. The molecule has 0 radical (unpaired) electrons. The van der Waals surface area contributed by atoms with Crippen molar-refractivity contribution in [2.45, 2.75) is 72.2 Å². The summed E-state index contributed by atoms with van der Waals surface area (Å²) in [7, 11) is 0. The van der Waals surface area contributed by atoms with Crippen LogP contribution in [0.15, 0.2) is 0 Å². The molecule has 0 saturated carbocycles. The van der Waals surface area contributed by atoms with Crippen LogP contribution in [0.3, 0.4) is 0 Å². The van der Waals surface area contributed by atoms with Crippen molar-refractivity contribution >= 4 is 29.5 Å². The number of alkyl halides is 1. The third-order valence-electron chi connectivity index (χ3n) is 3.86. The van der Waals surface area contributed by atoms with E-state index in [1.54, 1.807) is 41.5 Å². The minimum atomic E-state index is -1.73. The maximum absolute atomic E-state index is 12.3. The number of esters is 3. The average Bonchev–Trinajstić information content (AvgIpc) is 2.57. The molecule has 28 heavy (non-hydrogen) atoms. The largest absolute Gasteiger partial charge is 0.462 e. The number of carbonyl (C=O) groups excluding carboxylic acids is 3. The molecule has 1 rings (SSSR count). The Hall–Kier alpha value is -1.42. The van der Waals surface area contributed by atoms with Crippen molar-refractivity contribution in [1.29, 1.82) is 0 Å². The van der Waals surface area contributed by atoms with Crippen LogP contribution in [-0.4, -0.2) is 71.3 Å². The lowest BCUT2D eigenvalue weighted by Gasteiger charge is -2.42. The van der Waals surface area contributed by atoms with Crippen LogP contribution in [-0.2, 0) is 33.3 Å². The second-order valence-corrected chi connectivity index (χ2v) is 8.88. The first-order chi connectivity index (χ1) is 12.7. The lowest BCUT2D eigenvalue weighted by Crippen LogP contribution is -2.62. The van der Waals surface area contributed by atoms with Gasteiger partial charge in [0.05, 0.1) is 10.8 Å². The van der Waals surface area contributed by atoms with E-state index in [0.29, 0.717) is 0 Å². The monoisotopic (exact) mass is 424 g/mol. The van der Waals surface area contributed by atoms with Crippen molar-refractivity contribution in [2.24, 2.45) is 10.8 Å². The third-order valence-corrected chi connectivity index (χ3v) is 4.08. The minimum Gasteiger partial charge on any atom is -0.462 e. The summed E-state index contributed by atoms with van der Waals surface area (Å²) in [5, 5.41) is 20.8. The van der Waals surface area contributed by atoms with Gasteiger partial charge in [-0.1, -0.05) is 0 Å². The number of halogens is 1. The Balaban J connectivity index is 3.01. The molecule has 1 aliphatic rings. The van der Waals surface area contributed by atoms with Crippen molar-refractivity contribution in [2.75, 3.05) is 12.5 Å². The smallest absolute Gasteiger partial charge is 0.321 e. The Bertz CT molecular complexity index is 579. The van der Waals surface area contributed by atoms with Crippen LogP contribution in [0.2, 0.25) is 0 Å². The molecule has 0 aromatic rings. The molecule has 0 amide bonds. The minimum absolute atomic E-state index is 0.395. The van der Waals surface area contributed by atoms with Crippen LogP contribution in [0.25, 0.3) is 0 Å². The van der Waals surface area contributed by atoms with Gasteiger partial charge >= 0.3 is 17.9 Å². The molecule has 1 aliphatic heterocycles. The molecule has 1 heterocycles. The molecule has 0 aromatic heterocycles. The number of rotatable bonds is 5. The van der Waals surface area contributed by atoms with Gasteiger partial charge in [-0.3, -0.25) is 14.4 Å². The zero-order valence-electron chi connectivity index (χ0n) is 16.9. The molecule has 9 nitrogen and oxygen atoms in total. The highest BCUT2D eigenvalue weighted by atomic mass is 35.5. The number of aliphatic hydroxyl groups is 2.